The van der Waals surface area contributed by atoms with Gasteiger partial charge in [-0.1, -0.05) is 13.0 Å². The third-order valence-electron chi connectivity index (χ3n) is 3.38. The minimum Gasteiger partial charge on any atom is -0.312 e. The zero-order chi connectivity index (χ0) is 13.8. The molecule has 1 N–H and O–H groups in total. The highest BCUT2D eigenvalue weighted by molar-refractivity contribution is 7.92. The van der Waals surface area contributed by atoms with Crippen molar-refractivity contribution < 1.29 is 8.42 Å². The van der Waals surface area contributed by atoms with Gasteiger partial charge in [-0.05, 0) is 32.5 Å². The number of hydrogen-bond acceptors (Lipinski definition) is 4. The second-order valence-corrected chi connectivity index (χ2v) is 7.61. The van der Waals surface area contributed by atoms with Crippen molar-refractivity contribution in [1.29, 1.82) is 0 Å². The molecule has 1 rings (SSSR count). The van der Waals surface area contributed by atoms with E-state index >= 15 is 0 Å². The molecule has 0 aliphatic heterocycles. The molecule has 1 aromatic rings. The summed E-state index contributed by atoms with van der Waals surface area (Å²) in [5.74, 6) is 0. The molecule has 5 heteroatoms. The van der Waals surface area contributed by atoms with Crippen molar-refractivity contribution in [3.8, 4) is 0 Å². The molecule has 0 fully saturated rings. The van der Waals surface area contributed by atoms with Crippen molar-refractivity contribution in [3.63, 3.8) is 0 Å². The van der Waals surface area contributed by atoms with Crippen molar-refractivity contribution in [2.45, 2.75) is 38.0 Å². The van der Waals surface area contributed by atoms with Gasteiger partial charge in [0.05, 0.1) is 4.75 Å². The molecule has 0 amide bonds. The average Bonchev–Trinajstić information content (AvgIpc) is 2.28. The molecule has 0 aliphatic carbocycles. The summed E-state index contributed by atoms with van der Waals surface area (Å²) < 4.78 is 23.0. The number of sulfone groups is 1. The largest absolute Gasteiger partial charge is 0.312 e. The summed E-state index contributed by atoms with van der Waals surface area (Å²) >= 11 is 0. The lowest BCUT2D eigenvalue weighted by atomic mass is 9.98. The van der Waals surface area contributed by atoms with Gasteiger partial charge in [-0.25, -0.2) is 8.42 Å². The smallest absolute Gasteiger partial charge is 0.154 e. The number of hydrogen-bond donors (Lipinski definition) is 1. The van der Waals surface area contributed by atoms with E-state index in [0.29, 0.717) is 6.42 Å². The molecule has 0 bridgehead atoms. The normalized spacial score (nSPS) is 14.4. The number of pyridine rings is 1. The highest BCUT2D eigenvalue weighted by Gasteiger charge is 2.38. The Morgan fingerprint density at radius 2 is 2.06 bits per heavy atom. The second kappa shape index (κ2) is 5.80. The predicted molar refractivity (Wildman–Crippen MR) is 74.3 cm³/mol. The van der Waals surface area contributed by atoms with Gasteiger partial charge in [-0.15, -0.1) is 0 Å². The Hall–Kier alpha value is -0.940. The molecule has 0 radical (unpaired) electrons. The summed E-state index contributed by atoms with van der Waals surface area (Å²) in [6.07, 6.45) is 3.62. The summed E-state index contributed by atoms with van der Waals surface area (Å²) in [4.78, 5) is 4.26. The topological polar surface area (TPSA) is 59.1 Å². The minimum atomic E-state index is -3.13. The third-order valence-corrected chi connectivity index (χ3v) is 5.58. The van der Waals surface area contributed by atoms with Crippen molar-refractivity contribution >= 4 is 9.84 Å². The van der Waals surface area contributed by atoms with Gasteiger partial charge in [0.25, 0.3) is 0 Å². The van der Waals surface area contributed by atoms with Gasteiger partial charge in [0.15, 0.2) is 9.84 Å². The first-order valence-electron chi connectivity index (χ1n) is 6.12. The first-order valence-corrected chi connectivity index (χ1v) is 8.01. The van der Waals surface area contributed by atoms with Crippen molar-refractivity contribution in [1.82, 2.24) is 10.3 Å². The summed E-state index contributed by atoms with van der Waals surface area (Å²) in [7, 11) is -3.13. The van der Waals surface area contributed by atoms with Crippen molar-refractivity contribution in [2.24, 2.45) is 0 Å². The molecule has 0 spiro atoms. The molecule has 1 aromatic heterocycles. The Labute approximate surface area is 110 Å². The van der Waals surface area contributed by atoms with Crippen LogP contribution in [-0.2, 0) is 16.3 Å². The average molecular weight is 270 g/mol. The van der Waals surface area contributed by atoms with Crippen LogP contribution in [0.15, 0.2) is 24.4 Å². The molecule has 18 heavy (non-hydrogen) atoms. The van der Waals surface area contributed by atoms with Crippen molar-refractivity contribution in [2.75, 3.05) is 12.8 Å². The van der Waals surface area contributed by atoms with Crippen LogP contribution in [0.1, 0.15) is 26.5 Å². The SMILES string of the molecule is CCNC(Cc1ccccn1)C(C)(C)S(C)(=O)=O. The van der Waals surface area contributed by atoms with Crippen LogP contribution in [0, 0.1) is 0 Å². The van der Waals surface area contributed by atoms with E-state index in [1.807, 2.05) is 25.1 Å². The zero-order valence-corrected chi connectivity index (χ0v) is 12.3. The van der Waals surface area contributed by atoms with Crippen LogP contribution < -0.4 is 5.32 Å². The molecule has 0 aromatic carbocycles. The molecule has 0 saturated heterocycles. The van der Waals surface area contributed by atoms with E-state index < -0.39 is 14.6 Å². The predicted octanol–water partition coefficient (Wildman–Crippen LogP) is 1.43. The first kappa shape index (κ1) is 15.1. The first-order chi connectivity index (χ1) is 8.29. The molecule has 1 heterocycles. The number of aromatic nitrogens is 1. The van der Waals surface area contributed by atoms with E-state index in [-0.39, 0.29) is 6.04 Å². The maximum atomic E-state index is 11.9. The monoisotopic (exact) mass is 270 g/mol. The fourth-order valence-corrected chi connectivity index (χ4v) is 2.48. The van der Waals surface area contributed by atoms with Gasteiger partial charge in [0, 0.05) is 30.6 Å². The Bertz CT molecular complexity index is 469. The van der Waals surface area contributed by atoms with Crippen LogP contribution in [0.2, 0.25) is 0 Å². The molecule has 1 atom stereocenters. The molecule has 0 aliphatic rings. The van der Waals surface area contributed by atoms with Crippen LogP contribution >= 0.6 is 0 Å². The molecule has 4 nitrogen and oxygen atoms in total. The van der Waals surface area contributed by atoms with Gasteiger partial charge in [-0.2, -0.15) is 0 Å². The Balaban J connectivity index is 2.97. The fourth-order valence-electron chi connectivity index (χ4n) is 1.80. The number of likely N-dealkylation sites (N-methyl/N-ethyl adjacent to an activating group) is 1. The maximum Gasteiger partial charge on any atom is 0.154 e. The Morgan fingerprint density at radius 3 is 2.50 bits per heavy atom. The van der Waals surface area contributed by atoms with Crippen LogP contribution in [0.4, 0.5) is 0 Å². The highest BCUT2D eigenvalue weighted by atomic mass is 32.2. The molecule has 0 saturated carbocycles. The van der Waals surface area contributed by atoms with E-state index in [2.05, 4.69) is 10.3 Å². The fraction of sp³-hybridized carbons (Fsp3) is 0.615. The quantitative estimate of drug-likeness (QED) is 0.849. The Morgan fingerprint density at radius 1 is 1.39 bits per heavy atom. The van der Waals surface area contributed by atoms with E-state index in [9.17, 15) is 8.42 Å². The molecular weight excluding hydrogens is 248 g/mol. The maximum absolute atomic E-state index is 11.9. The summed E-state index contributed by atoms with van der Waals surface area (Å²) in [5.41, 5.74) is 0.903. The van der Waals surface area contributed by atoms with Gasteiger partial charge in [0.2, 0.25) is 0 Å². The van der Waals surface area contributed by atoms with Gasteiger partial charge in [-0.3, -0.25) is 4.98 Å². The van der Waals surface area contributed by atoms with E-state index in [1.54, 1.807) is 20.0 Å². The van der Waals surface area contributed by atoms with Crippen LogP contribution in [-0.4, -0.2) is 37.0 Å². The lowest BCUT2D eigenvalue weighted by molar-refractivity contribution is 0.411. The lowest BCUT2D eigenvalue weighted by Gasteiger charge is -2.33. The number of nitrogens with one attached hydrogen (secondary N) is 1. The Kier molecular flexibility index (Phi) is 4.87. The van der Waals surface area contributed by atoms with Crippen LogP contribution in [0.25, 0.3) is 0 Å². The molecular formula is C13H22N2O2S. The highest BCUT2D eigenvalue weighted by Crippen LogP contribution is 2.22. The van der Waals surface area contributed by atoms with Gasteiger partial charge >= 0.3 is 0 Å². The number of nitrogens with zero attached hydrogens (tertiary/aromatic N) is 1. The van der Waals surface area contributed by atoms with E-state index in [4.69, 9.17) is 0 Å². The standard InChI is InChI=1S/C13H22N2O2S/c1-5-14-12(13(2,3)18(4,16)17)10-11-8-6-7-9-15-11/h6-9,12,14H,5,10H2,1-4H3. The lowest BCUT2D eigenvalue weighted by Crippen LogP contribution is -2.52. The van der Waals surface area contributed by atoms with Crippen molar-refractivity contribution in [3.05, 3.63) is 30.1 Å². The van der Waals surface area contributed by atoms with Gasteiger partial charge < -0.3 is 5.32 Å². The molecule has 1 unspecified atom stereocenters. The van der Waals surface area contributed by atoms with E-state index in [0.717, 1.165) is 12.2 Å². The van der Waals surface area contributed by atoms with Gasteiger partial charge in [0.1, 0.15) is 0 Å². The van der Waals surface area contributed by atoms with E-state index in [1.165, 1.54) is 6.26 Å². The minimum absolute atomic E-state index is 0.146. The zero-order valence-electron chi connectivity index (χ0n) is 11.5. The second-order valence-electron chi connectivity index (χ2n) is 5.01. The van der Waals surface area contributed by atoms with Crippen LogP contribution in [0.3, 0.4) is 0 Å². The third kappa shape index (κ3) is 3.53. The summed E-state index contributed by atoms with van der Waals surface area (Å²) in [6, 6.07) is 5.54. The van der Waals surface area contributed by atoms with Crippen LogP contribution in [0.5, 0.6) is 0 Å². The number of rotatable bonds is 6. The molecule has 102 valence electrons. The summed E-state index contributed by atoms with van der Waals surface area (Å²) in [5, 5.41) is 3.26. The summed E-state index contributed by atoms with van der Waals surface area (Å²) in [6.45, 7) is 6.23.